The average molecular weight is 341 g/mol. The van der Waals surface area contributed by atoms with E-state index >= 15 is 0 Å². The molecule has 2 fully saturated rings. The van der Waals surface area contributed by atoms with Crippen molar-refractivity contribution in [3.8, 4) is 0 Å². The molecule has 23 heavy (non-hydrogen) atoms. The van der Waals surface area contributed by atoms with Crippen molar-refractivity contribution < 1.29 is 18.7 Å². The minimum absolute atomic E-state index is 0.0239. The number of rotatable bonds is 3. The maximum Gasteiger partial charge on any atom is 0.225 e. The van der Waals surface area contributed by atoms with Crippen LogP contribution in [0.15, 0.2) is 18.2 Å². The molecule has 2 aliphatic rings. The Labute approximate surface area is 138 Å². The second kappa shape index (κ2) is 6.45. The summed E-state index contributed by atoms with van der Waals surface area (Å²) < 4.78 is 19.3. The van der Waals surface area contributed by atoms with E-state index in [0.717, 1.165) is 0 Å². The van der Waals surface area contributed by atoms with Gasteiger partial charge in [0.2, 0.25) is 11.8 Å². The zero-order valence-electron chi connectivity index (χ0n) is 12.7. The summed E-state index contributed by atoms with van der Waals surface area (Å²) >= 11 is 5.70. The van der Waals surface area contributed by atoms with Crippen LogP contribution in [0.3, 0.4) is 0 Å². The molecule has 7 heteroatoms. The van der Waals surface area contributed by atoms with E-state index in [0.29, 0.717) is 25.1 Å². The third-order valence-corrected chi connectivity index (χ3v) is 4.71. The SMILES string of the molecule is CN1CC(C(=O)NC2CCOC2c2ccc(Cl)c(F)c2)CC1=O. The zero-order chi connectivity index (χ0) is 16.6. The molecule has 2 saturated heterocycles. The molecule has 0 bridgehead atoms. The van der Waals surface area contributed by atoms with E-state index < -0.39 is 11.9 Å². The summed E-state index contributed by atoms with van der Waals surface area (Å²) in [4.78, 5) is 25.5. The first-order valence-electron chi connectivity index (χ1n) is 7.56. The Hall–Kier alpha value is -1.66. The highest BCUT2D eigenvalue weighted by atomic mass is 35.5. The van der Waals surface area contributed by atoms with Crippen molar-refractivity contribution in [2.24, 2.45) is 5.92 Å². The van der Waals surface area contributed by atoms with Crippen LogP contribution >= 0.6 is 11.6 Å². The lowest BCUT2D eigenvalue weighted by molar-refractivity contribution is -0.128. The number of benzene rings is 1. The van der Waals surface area contributed by atoms with Gasteiger partial charge in [0.05, 0.1) is 17.0 Å². The highest BCUT2D eigenvalue weighted by Crippen LogP contribution is 2.31. The predicted molar refractivity (Wildman–Crippen MR) is 82.4 cm³/mol. The molecule has 0 spiro atoms. The van der Waals surface area contributed by atoms with Gasteiger partial charge in [-0.3, -0.25) is 9.59 Å². The molecule has 1 aromatic rings. The average Bonchev–Trinajstić information content (AvgIpc) is 3.09. The molecule has 3 rings (SSSR count). The third-order valence-electron chi connectivity index (χ3n) is 4.40. The van der Waals surface area contributed by atoms with Crippen LogP contribution in [0.1, 0.15) is 24.5 Å². The summed E-state index contributed by atoms with van der Waals surface area (Å²) in [5.41, 5.74) is 0.648. The Bertz CT molecular complexity index is 640. The van der Waals surface area contributed by atoms with Crippen LogP contribution < -0.4 is 5.32 Å². The Morgan fingerprint density at radius 2 is 2.26 bits per heavy atom. The summed E-state index contributed by atoms with van der Waals surface area (Å²) in [6.45, 7) is 0.918. The van der Waals surface area contributed by atoms with E-state index in [-0.39, 0.29) is 35.2 Å². The molecule has 124 valence electrons. The molecule has 2 heterocycles. The fourth-order valence-corrected chi connectivity index (χ4v) is 3.21. The van der Waals surface area contributed by atoms with Crippen molar-refractivity contribution >= 4 is 23.4 Å². The molecule has 0 aliphatic carbocycles. The molecule has 0 saturated carbocycles. The maximum absolute atomic E-state index is 13.6. The van der Waals surface area contributed by atoms with Crippen molar-refractivity contribution in [2.75, 3.05) is 20.2 Å². The molecular weight excluding hydrogens is 323 g/mol. The summed E-state index contributed by atoms with van der Waals surface area (Å²) in [6.07, 6.45) is 0.480. The molecule has 1 N–H and O–H groups in total. The van der Waals surface area contributed by atoms with E-state index in [9.17, 15) is 14.0 Å². The smallest absolute Gasteiger partial charge is 0.225 e. The first-order chi connectivity index (χ1) is 11.0. The van der Waals surface area contributed by atoms with E-state index in [1.165, 1.54) is 12.1 Å². The number of nitrogens with one attached hydrogen (secondary N) is 1. The van der Waals surface area contributed by atoms with Gasteiger partial charge in [-0.1, -0.05) is 17.7 Å². The first kappa shape index (κ1) is 16.2. The monoisotopic (exact) mass is 340 g/mol. The molecule has 5 nitrogen and oxygen atoms in total. The number of ether oxygens (including phenoxy) is 1. The molecule has 0 aromatic heterocycles. The lowest BCUT2D eigenvalue weighted by Gasteiger charge is -2.22. The van der Waals surface area contributed by atoms with E-state index in [4.69, 9.17) is 16.3 Å². The summed E-state index contributed by atoms with van der Waals surface area (Å²) in [5, 5.41) is 3.00. The molecule has 2 amide bonds. The number of halogens is 2. The van der Waals surface area contributed by atoms with Crippen LogP contribution in [0.4, 0.5) is 4.39 Å². The fourth-order valence-electron chi connectivity index (χ4n) is 3.10. The Morgan fingerprint density at radius 1 is 1.48 bits per heavy atom. The van der Waals surface area contributed by atoms with Gasteiger partial charge in [-0.15, -0.1) is 0 Å². The highest BCUT2D eigenvalue weighted by Gasteiger charge is 2.36. The van der Waals surface area contributed by atoms with Gasteiger partial charge in [0.1, 0.15) is 11.9 Å². The summed E-state index contributed by atoms with van der Waals surface area (Å²) in [5.74, 6) is -1.02. The molecule has 3 atom stereocenters. The summed E-state index contributed by atoms with van der Waals surface area (Å²) in [6, 6.07) is 4.29. The van der Waals surface area contributed by atoms with Gasteiger partial charge >= 0.3 is 0 Å². The second-order valence-corrected chi connectivity index (χ2v) is 6.45. The standard InChI is InChI=1S/C16H18ClFN2O3/c1-20-8-10(7-14(20)21)16(22)19-13-4-5-23-15(13)9-2-3-11(17)12(18)6-9/h2-3,6,10,13,15H,4-5,7-8H2,1H3,(H,19,22). The number of hydrogen-bond acceptors (Lipinski definition) is 3. The first-order valence-corrected chi connectivity index (χ1v) is 7.94. The lowest BCUT2D eigenvalue weighted by Crippen LogP contribution is -2.41. The number of amides is 2. The van der Waals surface area contributed by atoms with Crippen LogP contribution in [0, 0.1) is 11.7 Å². The van der Waals surface area contributed by atoms with E-state index in [1.807, 2.05) is 0 Å². The quantitative estimate of drug-likeness (QED) is 0.914. The third kappa shape index (κ3) is 3.33. The second-order valence-electron chi connectivity index (χ2n) is 6.04. The Morgan fingerprint density at radius 3 is 2.91 bits per heavy atom. The van der Waals surface area contributed by atoms with Gasteiger partial charge in [-0.05, 0) is 24.1 Å². The minimum Gasteiger partial charge on any atom is -0.371 e. The minimum atomic E-state index is -0.507. The Kier molecular flexibility index (Phi) is 4.55. The van der Waals surface area contributed by atoms with Gasteiger partial charge in [-0.2, -0.15) is 0 Å². The molecular formula is C16H18ClFN2O3. The van der Waals surface area contributed by atoms with Crippen LogP contribution in [0.25, 0.3) is 0 Å². The highest BCUT2D eigenvalue weighted by molar-refractivity contribution is 6.30. The maximum atomic E-state index is 13.6. The lowest BCUT2D eigenvalue weighted by atomic mass is 10.0. The van der Waals surface area contributed by atoms with Crippen LogP contribution in [-0.2, 0) is 14.3 Å². The van der Waals surface area contributed by atoms with Crippen molar-refractivity contribution in [3.63, 3.8) is 0 Å². The molecule has 1 aromatic carbocycles. The van der Waals surface area contributed by atoms with E-state index in [2.05, 4.69) is 5.32 Å². The van der Waals surface area contributed by atoms with E-state index in [1.54, 1.807) is 18.0 Å². The van der Waals surface area contributed by atoms with Crippen molar-refractivity contribution in [3.05, 3.63) is 34.6 Å². The normalized spacial score (nSPS) is 27.5. The van der Waals surface area contributed by atoms with Crippen molar-refractivity contribution in [1.29, 1.82) is 0 Å². The largest absolute Gasteiger partial charge is 0.371 e. The summed E-state index contributed by atoms with van der Waals surface area (Å²) in [7, 11) is 1.69. The van der Waals surface area contributed by atoms with Gasteiger partial charge in [0.25, 0.3) is 0 Å². The molecule has 3 unspecified atom stereocenters. The van der Waals surface area contributed by atoms with Gasteiger partial charge in [0.15, 0.2) is 0 Å². The van der Waals surface area contributed by atoms with Gasteiger partial charge in [-0.25, -0.2) is 4.39 Å². The fraction of sp³-hybridized carbons (Fsp3) is 0.500. The number of likely N-dealkylation sites (tertiary alicyclic amines) is 1. The van der Waals surface area contributed by atoms with Crippen molar-refractivity contribution in [2.45, 2.75) is 25.0 Å². The van der Waals surface area contributed by atoms with Gasteiger partial charge < -0.3 is 15.0 Å². The molecule has 0 radical (unpaired) electrons. The number of carbonyl (C=O) groups is 2. The number of carbonyl (C=O) groups excluding carboxylic acids is 2. The van der Waals surface area contributed by atoms with Crippen molar-refractivity contribution in [1.82, 2.24) is 10.2 Å². The number of hydrogen-bond donors (Lipinski definition) is 1. The van der Waals surface area contributed by atoms with Crippen LogP contribution in [0.5, 0.6) is 0 Å². The van der Waals surface area contributed by atoms with Gasteiger partial charge in [0, 0.05) is 26.6 Å². The topological polar surface area (TPSA) is 58.6 Å². The number of nitrogens with zero attached hydrogens (tertiary/aromatic N) is 1. The van der Waals surface area contributed by atoms with Crippen LogP contribution in [0.2, 0.25) is 5.02 Å². The Balaban J connectivity index is 1.68. The molecule has 2 aliphatic heterocycles. The van der Waals surface area contributed by atoms with Crippen LogP contribution in [-0.4, -0.2) is 43.0 Å². The predicted octanol–water partition coefficient (Wildman–Crippen LogP) is 1.90. The zero-order valence-corrected chi connectivity index (χ0v) is 13.5.